The number of hydrogen-bond acceptors (Lipinski definition) is 2. The van der Waals surface area contributed by atoms with E-state index < -0.39 is 5.97 Å². The number of nitrogens with two attached hydrogens (primary N) is 1. The Hall–Kier alpha value is -1.51. The van der Waals surface area contributed by atoms with Crippen LogP contribution in [0.3, 0.4) is 0 Å². The first-order chi connectivity index (χ1) is 8.18. The lowest BCUT2D eigenvalue weighted by atomic mass is 10.0. The van der Waals surface area contributed by atoms with Gasteiger partial charge in [0, 0.05) is 12.1 Å². The predicted molar refractivity (Wildman–Crippen MR) is 69.9 cm³/mol. The lowest BCUT2D eigenvalue weighted by Crippen LogP contribution is -1.93. The quantitative estimate of drug-likeness (QED) is 0.537. The fourth-order valence-electron chi connectivity index (χ4n) is 1.82. The first-order valence-electron chi connectivity index (χ1n) is 6.24. The van der Waals surface area contributed by atoms with Crippen molar-refractivity contribution in [2.75, 3.05) is 5.73 Å². The standard InChI is InChI=1S/C14H21NO2/c15-13-10-8-12(9-11-13)6-4-2-1-3-5-7-14(16)17/h8-11H,1-7,15H2,(H,16,17). The molecule has 3 nitrogen and oxygen atoms in total. The third-order valence-corrected chi connectivity index (χ3v) is 2.84. The van der Waals surface area contributed by atoms with Crippen LogP contribution in [0.25, 0.3) is 0 Å². The molecule has 3 N–H and O–H groups in total. The summed E-state index contributed by atoms with van der Waals surface area (Å²) < 4.78 is 0. The third-order valence-electron chi connectivity index (χ3n) is 2.84. The fourth-order valence-corrected chi connectivity index (χ4v) is 1.82. The van der Waals surface area contributed by atoms with Crippen molar-refractivity contribution in [1.82, 2.24) is 0 Å². The summed E-state index contributed by atoms with van der Waals surface area (Å²) in [5.41, 5.74) is 7.74. The number of unbranched alkanes of at least 4 members (excludes halogenated alkanes) is 4. The highest BCUT2D eigenvalue weighted by atomic mass is 16.4. The van der Waals surface area contributed by atoms with Crippen molar-refractivity contribution >= 4 is 11.7 Å². The third kappa shape index (κ3) is 6.61. The van der Waals surface area contributed by atoms with Crippen LogP contribution in [-0.2, 0) is 11.2 Å². The molecule has 17 heavy (non-hydrogen) atoms. The highest BCUT2D eigenvalue weighted by Crippen LogP contribution is 2.11. The molecule has 0 spiro atoms. The largest absolute Gasteiger partial charge is 0.481 e. The molecular weight excluding hydrogens is 214 g/mol. The summed E-state index contributed by atoms with van der Waals surface area (Å²) in [6, 6.07) is 8.00. The van der Waals surface area contributed by atoms with Crippen molar-refractivity contribution in [3.05, 3.63) is 29.8 Å². The molecule has 0 bridgehead atoms. The minimum atomic E-state index is -0.688. The number of carboxylic acids is 1. The van der Waals surface area contributed by atoms with Gasteiger partial charge in [-0.2, -0.15) is 0 Å². The van der Waals surface area contributed by atoms with Crippen molar-refractivity contribution in [2.45, 2.75) is 44.9 Å². The highest BCUT2D eigenvalue weighted by Gasteiger charge is 1.97. The van der Waals surface area contributed by atoms with E-state index in [2.05, 4.69) is 12.1 Å². The van der Waals surface area contributed by atoms with E-state index in [1.807, 2.05) is 12.1 Å². The molecule has 0 aliphatic rings. The molecule has 0 saturated carbocycles. The zero-order valence-corrected chi connectivity index (χ0v) is 10.2. The predicted octanol–water partition coefficient (Wildman–Crippen LogP) is 3.24. The molecule has 0 fully saturated rings. The summed E-state index contributed by atoms with van der Waals surface area (Å²) in [6.07, 6.45) is 6.67. The van der Waals surface area contributed by atoms with Crippen LogP contribution >= 0.6 is 0 Å². The average molecular weight is 235 g/mol. The van der Waals surface area contributed by atoms with E-state index in [0.29, 0.717) is 6.42 Å². The number of anilines is 1. The molecule has 0 heterocycles. The Labute approximate surface area is 103 Å². The zero-order chi connectivity index (χ0) is 12.5. The monoisotopic (exact) mass is 235 g/mol. The first-order valence-corrected chi connectivity index (χ1v) is 6.24. The van der Waals surface area contributed by atoms with Gasteiger partial charge in [-0.25, -0.2) is 0 Å². The fraction of sp³-hybridized carbons (Fsp3) is 0.500. The number of aliphatic carboxylic acids is 1. The topological polar surface area (TPSA) is 63.3 Å². The second kappa shape index (κ2) is 7.71. The lowest BCUT2D eigenvalue weighted by Gasteiger charge is -2.02. The van der Waals surface area contributed by atoms with E-state index in [1.165, 1.54) is 12.0 Å². The number of rotatable bonds is 8. The van der Waals surface area contributed by atoms with Gasteiger partial charge in [0.15, 0.2) is 0 Å². The highest BCUT2D eigenvalue weighted by molar-refractivity contribution is 5.66. The molecule has 94 valence electrons. The van der Waals surface area contributed by atoms with Crippen molar-refractivity contribution < 1.29 is 9.90 Å². The van der Waals surface area contributed by atoms with Gasteiger partial charge in [0.2, 0.25) is 0 Å². The van der Waals surface area contributed by atoms with Crippen molar-refractivity contribution in [3.8, 4) is 0 Å². The van der Waals surface area contributed by atoms with Gasteiger partial charge in [0.05, 0.1) is 0 Å². The maximum atomic E-state index is 10.3. The average Bonchev–Trinajstić information content (AvgIpc) is 2.30. The van der Waals surface area contributed by atoms with Crippen LogP contribution in [0.2, 0.25) is 0 Å². The van der Waals surface area contributed by atoms with Crippen molar-refractivity contribution in [3.63, 3.8) is 0 Å². The van der Waals surface area contributed by atoms with Crippen molar-refractivity contribution in [2.24, 2.45) is 0 Å². The van der Waals surface area contributed by atoms with Crippen LogP contribution < -0.4 is 5.73 Å². The summed E-state index contributed by atoms with van der Waals surface area (Å²) in [5, 5.41) is 8.48. The Morgan fingerprint density at radius 3 is 2.24 bits per heavy atom. The minimum Gasteiger partial charge on any atom is -0.481 e. The number of aryl methyl sites for hydroxylation is 1. The van der Waals surface area contributed by atoms with Gasteiger partial charge in [-0.15, -0.1) is 0 Å². The summed E-state index contributed by atoms with van der Waals surface area (Å²) in [7, 11) is 0. The number of nitrogen functional groups attached to an aromatic ring is 1. The summed E-state index contributed by atoms with van der Waals surface area (Å²) in [5.74, 6) is -0.688. The molecule has 0 aromatic heterocycles. The second-order valence-corrected chi connectivity index (χ2v) is 4.40. The molecule has 0 radical (unpaired) electrons. The Morgan fingerprint density at radius 1 is 1.00 bits per heavy atom. The second-order valence-electron chi connectivity index (χ2n) is 4.40. The van der Waals surface area contributed by atoms with Crippen LogP contribution in [0, 0.1) is 0 Å². The van der Waals surface area contributed by atoms with E-state index in [9.17, 15) is 4.79 Å². The van der Waals surface area contributed by atoms with E-state index in [-0.39, 0.29) is 0 Å². The summed E-state index contributed by atoms with van der Waals surface area (Å²) in [4.78, 5) is 10.3. The first kappa shape index (κ1) is 13.6. The van der Waals surface area contributed by atoms with Gasteiger partial charge in [-0.1, -0.05) is 31.4 Å². The molecule has 3 heteroatoms. The Morgan fingerprint density at radius 2 is 1.59 bits per heavy atom. The zero-order valence-electron chi connectivity index (χ0n) is 10.2. The molecule has 0 saturated heterocycles. The van der Waals surface area contributed by atoms with E-state index in [1.54, 1.807) is 0 Å². The normalized spacial score (nSPS) is 10.4. The Bertz CT molecular complexity index is 333. The minimum absolute atomic E-state index is 0.304. The van der Waals surface area contributed by atoms with Crippen LogP contribution in [0.5, 0.6) is 0 Å². The Kier molecular flexibility index (Phi) is 6.15. The van der Waals surface area contributed by atoms with Gasteiger partial charge >= 0.3 is 5.97 Å². The number of hydrogen-bond donors (Lipinski definition) is 2. The molecular formula is C14H21NO2. The lowest BCUT2D eigenvalue weighted by molar-refractivity contribution is -0.137. The molecule has 1 aromatic rings. The van der Waals surface area contributed by atoms with Gasteiger partial charge < -0.3 is 10.8 Å². The van der Waals surface area contributed by atoms with Crippen LogP contribution in [0.15, 0.2) is 24.3 Å². The molecule has 1 aromatic carbocycles. The number of carboxylic acid groups (broad SMARTS) is 1. The molecule has 0 aliphatic carbocycles. The van der Waals surface area contributed by atoms with Gasteiger partial charge in [-0.3, -0.25) is 4.79 Å². The van der Waals surface area contributed by atoms with Gasteiger partial charge in [0.25, 0.3) is 0 Å². The van der Waals surface area contributed by atoms with E-state index >= 15 is 0 Å². The Balaban J connectivity index is 2.01. The maximum Gasteiger partial charge on any atom is 0.303 e. The molecule has 1 rings (SSSR count). The van der Waals surface area contributed by atoms with Crippen LogP contribution in [0.1, 0.15) is 44.1 Å². The van der Waals surface area contributed by atoms with Crippen LogP contribution in [0.4, 0.5) is 5.69 Å². The van der Waals surface area contributed by atoms with Crippen molar-refractivity contribution in [1.29, 1.82) is 0 Å². The molecule has 0 amide bonds. The number of carbonyl (C=O) groups is 1. The summed E-state index contributed by atoms with van der Waals surface area (Å²) in [6.45, 7) is 0. The van der Waals surface area contributed by atoms with E-state index in [0.717, 1.165) is 37.8 Å². The maximum absolute atomic E-state index is 10.3. The molecule has 0 aliphatic heterocycles. The van der Waals surface area contributed by atoms with Gasteiger partial charge in [-0.05, 0) is 37.0 Å². The molecule has 0 atom stereocenters. The van der Waals surface area contributed by atoms with Crippen LogP contribution in [-0.4, -0.2) is 11.1 Å². The molecule has 0 unspecified atom stereocenters. The SMILES string of the molecule is Nc1ccc(CCCCCCCC(=O)O)cc1. The smallest absolute Gasteiger partial charge is 0.303 e. The summed E-state index contributed by atoms with van der Waals surface area (Å²) >= 11 is 0. The number of benzene rings is 1. The van der Waals surface area contributed by atoms with Gasteiger partial charge in [0.1, 0.15) is 0 Å². The van der Waals surface area contributed by atoms with E-state index in [4.69, 9.17) is 10.8 Å².